The number of benzene rings is 6. The van der Waals surface area contributed by atoms with Gasteiger partial charge in [-0.15, -0.1) is 11.3 Å². The lowest BCUT2D eigenvalue weighted by Gasteiger charge is -2.10. The van der Waals surface area contributed by atoms with Gasteiger partial charge in [0.2, 0.25) is 0 Å². The predicted octanol–water partition coefficient (Wildman–Crippen LogP) is 11.8. The Hall–Kier alpha value is -5.97. The van der Waals surface area contributed by atoms with Crippen LogP contribution in [0.15, 0.2) is 164 Å². The second kappa shape index (κ2) is 10.3. The number of rotatable bonds is 4. The molecule has 0 bridgehead atoms. The monoisotopic (exact) mass is 617 g/mol. The van der Waals surface area contributed by atoms with Gasteiger partial charge in [-0.1, -0.05) is 84.9 Å². The average Bonchev–Trinajstić information content (AvgIpc) is 3.81. The molecule has 4 heteroatoms. The summed E-state index contributed by atoms with van der Waals surface area (Å²) in [6.07, 6.45) is 3.73. The van der Waals surface area contributed by atoms with Gasteiger partial charge >= 0.3 is 0 Å². The minimum Gasteiger partial charge on any atom is -0.309 e. The van der Waals surface area contributed by atoms with Crippen molar-refractivity contribution in [3.8, 4) is 32.9 Å². The van der Waals surface area contributed by atoms with Gasteiger partial charge in [-0.25, -0.2) is 0 Å². The third-order valence-corrected chi connectivity index (χ3v) is 10.5. The number of fused-ring (bicyclic) bond motifs is 7. The second-order valence-electron chi connectivity index (χ2n) is 12.1. The molecule has 47 heavy (non-hydrogen) atoms. The first-order chi connectivity index (χ1) is 23.3. The maximum Gasteiger partial charge on any atom is 0.101 e. The summed E-state index contributed by atoms with van der Waals surface area (Å²) in [5.74, 6) is 0. The number of aromatic nitrogens is 3. The van der Waals surface area contributed by atoms with Crippen molar-refractivity contribution in [1.29, 1.82) is 0 Å². The van der Waals surface area contributed by atoms with E-state index < -0.39 is 0 Å². The molecule has 0 saturated carbocycles. The highest BCUT2D eigenvalue weighted by molar-refractivity contribution is 7.21. The van der Waals surface area contributed by atoms with E-state index >= 15 is 0 Å². The van der Waals surface area contributed by atoms with E-state index in [2.05, 4.69) is 160 Å². The molecule has 0 N–H and O–H groups in total. The summed E-state index contributed by atoms with van der Waals surface area (Å²) >= 11 is 1.85. The zero-order valence-electron chi connectivity index (χ0n) is 25.3. The predicted molar refractivity (Wildman–Crippen MR) is 199 cm³/mol. The number of thiophene rings is 1. The first kappa shape index (κ1) is 26.3. The zero-order valence-corrected chi connectivity index (χ0v) is 26.2. The van der Waals surface area contributed by atoms with E-state index in [1.54, 1.807) is 0 Å². The van der Waals surface area contributed by atoms with Crippen LogP contribution in [0.5, 0.6) is 0 Å². The summed E-state index contributed by atoms with van der Waals surface area (Å²) in [7, 11) is 0. The van der Waals surface area contributed by atoms with Crippen LogP contribution in [0.4, 0.5) is 0 Å². The van der Waals surface area contributed by atoms with Gasteiger partial charge in [0.05, 0.1) is 22.1 Å². The minimum absolute atomic E-state index is 1.12. The summed E-state index contributed by atoms with van der Waals surface area (Å²) in [6.45, 7) is 0. The molecule has 0 radical (unpaired) electrons. The Morgan fingerprint density at radius 3 is 1.70 bits per heavy atom. The Morgan fingerprint density at radius 2 is 1.02 bits per heavy atom. The van der Waals surface area contributed by atoms with E-state index in [-0.39, 0.29) is 0 Å². The van der Waals surface area contributed by atoms with E-state index in [1.807, 2.05) is 29.8 Å². The maximum atomic E-state index is 4.30. The lowest BCUT2D eigenvalue weighted by molar-refractivity contribution is 1.18. The molecular formula is C43H27N3S. The summed E-state index contributed by atoms with van der Waals surface area (Å²) in [4.78, 5) is 4.30. The third-order valence-electron chi connectivity index (χ3n) is 9.43. The van der Waals surface area contributed by atoms with Crippen molar-refractivity contribution < 1.29 is 0 Å². The number of pyridine rings is 1. The Labute approximate surface area is 275 Å². The van der Waals surface area contributed by atoms with E-state index in [4.69, 9.17) is 0 Å². The summed E-state index contributed by atoms with van der Waals surface area (Å²) in [5.41, 5.74) is 10.7. The fraction of sp³-hybridized carbons (Fsp3) is 0. The molecule has 0 unspecified atom stereocenters. The largest absolute Gasteiger partial charge is 0.309 e. The summed E-state index contributed by atoms with van der Waals surface area (Å²) in [6, 6.07) is 55.2. The maximum absolute atomic E-state index is 4.30. The average molecular weight is 618 g/mol. The normalized spacial score (nSPS) is 11.8. The molecule has 0 spiro atoms. The molecule has 6 aromatic carbocycles. The highest BCUT2D eigenvalue weighted by atomic mass is 32.1. The molecular weight excluding hydrogens is 591 g/mol. The van der Waals surface area contributed by atoms with Crippen LogP contribution in [-0.4, -0.2) is 14.1 Å². The molecule has 0 saturated heterocycles. The SMILES string of the molecule is c1cncc(-c2ccc(-n3c4ccccc4c4cc(-c5ccc6c(c5)c5ccccc5n6-c5cc6ccccc6s5)ccc43)cc2)c1. The lowest BCUT2D eigenvalue weighted by atomic mass is 10.0. The molecule has 0 amide bonds. The molecule has 0 aliphatic heterocycles. The van der Waals surface area contributed by atoms with E-state index in [0.717, 1.165) is 16.8 Å². The van der Waals surface area contributed by atoms with Crippen LogP contribution in [0.25, 0.3) is 86.6 Å². The first-order valence-corrected chi connectivity index (χ1v) is 16.7. The van der Waals surface area contributed by atoms with Gasteiger partial charge in [-0.3, -0.25) is 4.98 Å². The second-order valence-corrected chi connectivity index (χ2v) is 13.1. The molecule has 0 fully saturated rings. The van der Waals surface area contributed by atoms with Crippen LogP contribution in [0, 0.1) is 0 Å². The van der Waals surface area contributed by atoms with Gasteiger partial charge in [0.25, 0.3) is 0 Å². The first-order valence-electron chi connectivity index (χ1n) is 15.9. The van der Waals surface area contributed by atoms with E-state index in [1.165, 1.54) is 69.8 Å². The van der Waals surface area contributed by atoms with Crippen LogP contribution in [0.2, 0.25) is 0 Å². The van der Waals surface area contributed by atoms with Crippen molar-refractivity contribution in [2.24, 2.45) is 0 Å². The van der Waals surface area contributed by atoms with E-state index in [0.29, 0.717) is 0 Å². The Bertz CT molecular complexity index is 2750. The van der Waals surface area contributed by atoms with Crippen molar-refractivity contribution in [1.82, 2.24) is 14.1 Å². The van der Waals surface area contributed by atoms with Crippen LogP contribution in [-0.2, 0) is 0 Å². The number of para-hydroxylation sites is 2. The molecule has 10 aromatic rings. The van der Waals surface area contributed by atoms with Crippen molar-refractivity contribution in [3.63, 3.8) is 0 Å². The van der Waals surface area contributed by atoms with Gasteiger partial charge in [0, 0.05) is 44.3 Å². The summed E-state index contributed by atoms with van der Waals surface area (Å²) in [5, 5.41) is 7.58. The third kappa shape index (κ3) is 4.09. The smallest absolute Gasteiger partial charge is 0.101 e. The van der Waals surface area contributed by atoms with Gasteiger partial charge in [0.1, 0.15) is 5.00 Å². The van der Waals surface area contributed by atoms with Crippen molar-refractivity contribution in [3.05, 3.63) is 164 Å². The molecule has 0 aliphatic rings. The zero-order chi connectivity index (χ0) is 30.9. The standard InChI is InChI=1S/C43H27N3S/c1-6-14-42-31(8-1)26-43(47-42)46-39-13-5-3-11-35(39)37-25-30(18-22-41(37)46)29-17-21-40-36(24-29)34-10-2-4-12-38(34)45(40)33-19-15-28(16-20-33)32-9-7-23-44-27-32/h1-27H. The Morgan fingerprint density at radius 1 is 0.426 bits per heavy atom. The highest BCUT2D eigenvalue weighted by Crippen LogP contribution is 2.40. The Balaban J connectivity index is 1.12. The molecule has 4 heterocycles. The number of nitrogens with zero attached hydrogens (tertiary/aromatic N) is 3. The quantitative estimate of drug-likeness (QED) is 0.193. The van der Waals surface area contributed by atoms with E-state index in [9.17, 15) is 0 Å². The minimum atomic E-state index is 1.12. The van der Waals surface area contributed by atoms with Crippen LogP contribution in [0.1, 0.15) is 0 Å². The van der Waals surface area contributed by atoms with Crippen molar-refractivity contribution >= 4 is 65.0 Å². The molecule has 220 valence electrons. The van der Waals surface area contributed by atoms with Crippen molar-refractivity contribution in [2.45, 2.75) is 0 Å². The lowest BCUT2D eigenvalue weighted by Crippen LogP contribution is -1.93. The van der Waals surface area contributed by atoms with Gasteiger partial charge in [-0.05, 0) is 94.4 Å². The topological polar surface area (TPSA) is 22.8 Å². The van der Waals surface area contributed by atoms with Crippen LogP contribution < -0.4 is 0 Å². The highest BCUT2D eigenvalue weighted by Gasteiger charge is 2.17. The fourth-order valence-corrected chi connectivity index (χ4v) is 8.33. The molecule has 0 atom stereocenters. The van der Waals surface area contributed by atoms with Crippen LogP contribution >= 0.6 is 11.3 Å². The number of hydrogen-bond donors (Lipinski definition) is 0. The fourth-order valence-electron chi connectivity index (χ4n) is 7.24. The molecule has 3 nitrogen and oxygen atoms in total. The molecule has 4 aromatic heterocycles. The van der Waals surface area contributed by atoms with Gasteiger partial charge < -0.3 is 9.13 Å². The van der Waals surface area contributed by atoms with Crippen molar-refractivity contribution in [2.75, 3.05) is 0 Å². The summed E-state index contributed by atoms with van der Waals surface area (Å²) < 4.78 is 6.11. The number of hydrogen-bond acceptors (Lipinski definition) is 2. The van der Waals surface area contributed by atoms with Gasteiger partial charge in [-0.2, -0.15) is 0 Å². The molecule has 0 aliphatic carbocycles. The molecule has 10 rings (SSSR count). The van der Waals surface area contributed by atoms with Gasteiger partial charge in [0.15, 0.2) is 0 Å². The van der Waals surface area contributed by atoms with Crippen LogP contribution in [0.3, 0.4) is 0 Å². The Kier molecular flexibility index (Phi) is 5.74.